The lowest BCUT2D eigenvalue weighted by Crippen LogP contribution is -2.11. The molecule has 168 valence electrons. The maximum Gasteiger partial charge on any atom is 0.260 e. The third-order valence-electron chi connectivity index (χ3n) is 5.92. The summed E-state index contributed by atoms with van der Waals surface area (Å²) in [7, 11) is 0. The first-order valence-electron chi connectivity index (χ1n) is 10.6. The zero-order chi connectivity index (χ0) is 22.5. The van der Waals surface area contributed by atoms with E-state index in [-0.39, 0.29) is 19.0 Å². The van der Waals surface area contributed by atoms with Gasteiger partial charge in [0.1, 0.15) is 17.3 Å². The van der Waals surface area contributed by atoms with Gasteiger partial charge in [0.05, 0.1) is 15.4 Å². The second kappa shape index (κ2) is 8.24. The fourth-order valence-electron chi connectivity index (χ4n) is 4.32. The molecular weight excluding hydrogens is 483 g/mol. The third-order valence-corrected chi connectivity index (χ3v) is 7.66. The Balaban J connectivity index is 1.30. The molecule has 2 aromatic heterocycles. The Morgan fingerprint density at radius 3 is 2.70 bits per heavy atom. The molecule has 1 aliphatic carbocycles. The van der Waals surface area contributed by atoms with Crippen molar-refractivity contribution in [2.45, 2.75) is 32.3 Å². The lowest BCUT2D eigenvalue weighted by atomic mass is 9.97. The van der Waals surface area contributed by atoms with Gasteiger partial charge in [-0.15, -0.1) is 11.3 Å². The Bertz CT molecular complexity index is 1440. The number of aryl methyl sites for hydroxylation is 2. The minimum Gasteiger partial charge on any atom is -0.486 e. The first-order valence-corrected chi connectivity index (χ1v) is 12.2. The van der Waals surface area contributed by atoms with Crippen LogP contribution in [-0.4, -0.2) is 16.8 Å². The number of hydrogen-bond donors (Lipinski definition) is 1. The van der Waals surface area contributed by atoms with E-state index >= 15 is 0 Å². The van der Waals surface area contributed by atoms with E-state index in [4.69, 9.17) is 42.4 Å². The van der Waals surface area contributed by atoms with E-state index < -0.39 is 0 Å². The summed E-state index contributed by atoms with van der Waals surface area (Å²) in [5, 5.41) is 1.40. The molecule has 0 amide bonds. The summed E-state index contributed by atoms with van der Waals surface area (Å²) in [6.07, 6.45) is 4.22. The van der Waals surface area contributed by atoms with E-state index in [2.05, 4.69) is 4.98 Å². The highest BCUT2D eigenvalue weighted by molar-refractivity contribution is 7.18. The van der Waals surface area contributed by atoms with Gasteiger partial charge in [-0.25, -0.2) is 4.98 Å². The summed E-state index contributed by atoms with van der Waals surface area (Å²) < 4.78 is 16.6. The smallest absolute Gasteiger partial charge is 0.260 e. The molecule has 2 aromatic carbocycles. The fraction of sp³-hybridized carbons (Fsp3) is 0.250. The van der Waals surface area contributed by atoms with Gasteiger partial charge in [0.15, 0.2) is 17.2 Å². The van der Waals surface area contributed by atoms with Crippen LogP contribution in [0.2, 0.25) is 10.0 Å². The van der Waals surface area contributed by atoms with Crippen LogP contribution in [0.4, 0.5) is 0 Å². The molecule has 0 fully saturated rings. The molecule has 6 nitrogen and oxygen atoms in total. The van der Waals surface area contributed by atoms with Crippen molar-refractivity contribution in [1.29, 1.82) is 0 Å². The maximum atomic E-state index is 12.9. The number of nitrogens with one attached hydrogen (secondary N) is 1. The first-order chi connectivity index (χ1) is 16.1. The maximum absolute atomic E-state index is 12.9. The van der Waals surface area contributed by atoms with Crippen molar-refractivity contribution in [3.8, 4) is 28.6 Å². The molecule has 0 saturated heterocycles. The number of fused-ring (bicyclic) bond motifs is 4. The van der Waals surface area contributed by atoms with E-state index in [0.717, 1.165) is 47.0 Å². The van der Waals surface area contributed by atoms with Crippen LogP contribution >= 0.6 is 34.5 Å². The molecule has 9 heteroatoms. The van der Waals surface area contributed by atoms with Gasteiger partial charge in [0.2, 0.25) is 6.79 Å². The number of rotatable bonds is 4. The highest BCUT2D eigenvalue weighted by Crippen LogP contribution is 2.39. The monoisotopic (exact) mass is 500 g/mol. The van der Waals surface area contributed by atoms with Crippen LogP contribution in [0.3, 0.4) is 0 Å². The number of nitrogens with zero attached hydrogens (tertiary/aromatic N) is 1. The van der Waals surface area contributed by atoms with Crippen molar-refractivity contribution in [3.63, 3.8) is 0 Å². The van der Waals surface area contributed by atoms with Crippen molar-refractivity contribution in [2.24, 2.45) is 0 Å². The minimum atomic E-state index is -0.121. The number of halogens is 2. The molecule has 2 aliphatic rings. The number of aromatic nitrogens is 2. The summed E-state index contributed by atoms with van der Waals surface area (Å²) in [5.74, 6) is 2.21. The highest BCUT2D eigenvalue weighted by atomic mass is 35.5. The summed E-state index contributed by atoms with van der Waals surface area (Å²) in [5.41, 5.74) is 2.56. The van der Waals surface area contributed by atoms with Gasteiger partial charge in [-0.05, 0) is 61.1 Å². The second-order valence-corrected chi connectivity index (χ2v) is 9.95. The molecule has 0 radical (unpaired) electrons. The quantitative estimate of drug-likeness (QED) is 0.364. The molecule has 4 aromatic rings. The van der Waals surface area contributed by atoms with Gasteiger partial charge in [-0.2, -0.15) is 0 Å². The summed E-state index contributed by atoms with van der Waals surface area (Å²) in [4.78, 5) is 22.6. The molecule has 1 aliphatic heterocycles. The molecule has 1 N–H and O–H groups in total. The molecule has 0 unspecified atom stereocenters. The molecular formula is C24H18Cl2N2O4S. The number of H-pyrrole nitrogens is 1. The van der Waals surface area contributed by atoms with Crippen LogP contribution in [0.25, 0.3) is 21.6 Å². The number of ether oxygens (including phenoxy) is 3. The average molecular weight is 501 g/mol. The first kappa shape index (κ1) is 20.8. The van der Waals surface area contributed by atoms with Crippen LogP contribution in [0.15, 0.2) is 35.1 Å². The van der Waals surface area contributed by atoms with Crippen LogP contribution in [0, 0.1) is 0 Å². The largest absolute Gasteiger partial charge is 0.486 e. The zero-order valence-corrected chi connectivity index (χ0v) is 19.7. The van der Waals surface area contributed by atoms with E-state index in [9.17, 15) is 4.79 Å². The van der Waals surface area contributed by atoms with Crippen molar-refractivity contribution in [3.05, 3.63) is 66.7 Å². The Hall–Kier alpha value is -2.74. The van der Waals surface area contributed by atoms with Crippen LogP contribution in [-0.2, 0) is 19.4 Å². The number of benzene rings is 2. The van der Waals surface area contributed by atoms with Crippen LogP contribution in [0.5, 0.6) is 17.2 Å². The lowest BCUT2D eigenvalue weighted by Gasteiger charge is -2.12. The zero-order valence-electron chi connectivity index (χ0n) is 17.4. The number of hydrogen-bond acceptors (Lipinski definition) is 6. The number of thiophene rings is 1. The Morgan fingerprint density at radius 2 is 1.85 bits per heavy atom. The number of aromatic amines is 1. The highest BCUT2D eigenvalue weighted by Gasteiger charge is 2.21. The minimum absolute atomic E-state index is 0.121. The van der Waals surface area contributed by atoms with Gasteiger partial charge in [-0.3, -0.25) is 4.79 Å². The SMILES string of the molecule is O=c1[nH]c(-c2cc(Cl)c(OCc3ccc4c(c3)OCO4)c(Cl)c2)nc2sc3c(c12)CCCC3. The van der Waals surface area contributed by atoms with Crippen molar-refractivity contribution < 1.29 is 14.2 Å². The summed E-state index contributed by atoms with van der Waals surface area (Å²) in [6.45, 7) is 0.478. The molecule has 0 bridgehead atoms. The van der Waals surface area contributed by atoms with E-state index in [1.165, 1.54) is 4.88 Å². The van der Waals surface area contributed by atoms with Gasteiger partial charge in [-0.1, -0.05) is 29.3 Å². The molecule has 6 rings (SSSR count). The van der Waals surface area contributed by atoms with Crippen LogP contribution < -0.4 is 19.8 Å². The Kier molecular flexibility index (Phi) is 5.20. The standard InChI is InChI=1S/C24H18Cl2N2O4S/c25-15-8-13(22-27-23(29)20-14-3-1-2-4-19(14)33-24(20)28-22)9-16(26)21(15)30-10-12-5-6-17-18(7-12)32-11-31-17/h5-9H,1-4,10-11H2,(H,27,28,29). The molecule has 0 saturated carbocycles. The average Bonchev–Trinajstić information content (AvgIpc) is 3.42. The lowest BCUT2D eigenvalue weighted by molar-refractivity contribution is 0.174. The third kappa shape index (κ3) is 3.74. The molecule has 0 spiro atoms. The second-order valence-electron chi connectivity index (χ2n) is 8.05. The molecule has 0 atom stereocenters. The fourth-order valence-corrected chi connectivity index (χ4v) is 6.18. The summed E-state index contributed by atoms with van der Waals surface area (Å²) >= 11 is 14.6. The van der Waals surface area contributed by atoms with Crippen molar-refractivity contribution in [2.75, 3.05) is 6.79 Å². The van der Waals surface area contributed by atoms with Crippen molar-refractivity contribution in [1.82, 2.24) is 9.97 Å². The van der Waals surface area contributed by atoms with Gasteiger partial charge in [0, 0.05) is 10.4 Å². The van der Waals surface area contributed by atoms with Gasteiger partial charge in [0.25, 0.3) is 5.56 Å². The predicted molar refractivity (Wildman–Crippen MR) is 129 cm³/mol. The molecule has 3 heterocycles. The Morgan fingerprint density at radius 1 is 1.06 bits per heavy atom. The summed E-state index contributed by atoms with van der Waals surface area (Å²) in [6, 6.07) is 9.02. The van der Waals surface area contributed by atoms with E-state index in [1.807, 2.05) is 18.2 Å². The van der Waals surface area contributed by atoms with Gasteiger partial charge >= 0.3 is 0 Å². The van der Waals surface area contributed by atoms with Crippen LogP contribution in [0.1, 0.15) is 28.8 Å². The van der Waals surface area contributed by atoms with Gasteiger partial charge < -0.3 is 19.2 Å². The predicted octanol–water partition coefficient (Wildman–Crippen LogP) is 6.14. The van der Waals surface area contributed by atoms with E-state index in [1.54, 1.807) is 23.5 Å². The normalized spacial score (nSPS) is 14.5. The Labute approximate surface area is 203 Å². The topological polar surface area (TPSA) is 73.4 Å². The van der Waals surface area contributed by atoms with Crippen molar-refractivity contribution >= 4 is 44.8 Å². The van der Waals surface area contributed by atoms with E-state index in [0.29, 0.717) is 38.7 Å². The molecule has 33 heavy (non-hydrogen) atoms.